The van der Waals surface area contributed by atoms with Crippen molar-refractivity contribution in [2.75, 3.05) is 12.4 Å². The number of aromatic nitrogens is 2. The molecule has 0 fully saturated rings. The topological polar surface area (TPSA) is 92.3 Å². The average Bonchev–Trinajstić information content (AvgIpc) is 2.74. The highest BCUT2D eigenvalue weighted by Crippen LogP contribution is 2.20. The van der Waals surface area contributed by atoms with Crippen molar-refractivity contribution in [1.82, 2.24) is 14.3 Å². The lowest BCUT2D eigenvalue weighted by molar-refractivity contribution is 0.102. The summed E-state index contributed by atoms with van der Waals surface area (Å²) in [7, 11) is -2.03. The highest BCUT2D eigenvalue weighted by atomic mass is 32.2. The number of nitrogens with zero attached hydrogens (tertiary/aromatic N) is 3. The highest BCUT2D eigenvalue weighted by Gasteiger charge is 2.22. The molecule has 0 aliphatic carbocycles. The molecule has 2 aromatic carbocycles. The Labute approximate surface area is 170 Å². The molecular formula is C21H22N4O3S. The molecule has 29 heavy (non-hydrogen) atoms. The maximum absolute atomic E-state index is 12.5. The largest absolute Gasteiger partial charge is 0.322 e. The first-order valence-corrected chi connectivity index (χ1v) is 10.5. The Morgan fingerprint density at radius 3 is 2.10 bits per heavy atom. The van der Waals surface area contributed by atoms with Crippen LogP contribution in [0.2, 0.25) is 0 Å². The van der Waals surface area contributed by atoms with Gasteiger partial charge in [-0.25, -0.2) is 18.4 Å². The lowest BCUT2D eigenvalue weighted by Crippen LogP contribution is -2.33. The summed E-state index contributed by atoms with van der Waals surface area (Å²) < 4.78 is 26.3. The number of sulfonamides is 1. The maximum Gasteiger partial charge on any atom is 0.258 e. The van der Waals surface area contributed by atoms with E-state index in [1.807, 2.05) is 30.3 Å². The minimum Gasteiger partial charge on any atom is -0.322 e. The number of carbonyl (C=O) groups excluding carboxylic acids is 1. The first kappa shape index (κ1) is 20.6. The number of hydrogen-bond donors (Lipinski definition) is 1. The van der Waals surface area contributed by atoms with E-state index in [9.17, 15) is 13.2 Å². The van der Waals surface area contributed by atoms with Crippen molar-refractivity contribution in [2.24, 2.45) is 0 Å². The molecule has 0 saturated heterocycles. The lowest BCUT2D eigenvalue weighted by Gasteiger charge is -2.21. The van der Waals surface area contributed by atoms with Gasteiger partial charge in [-0.2, -0.15) is 4.31 Å². The molecule has 1 aromatic heterocycles. The summed E-state index contributed by atoms with van der Waals surface area (Å²) in [5.74, 6) is 0.158. The van der Waals surface area contributed by atoms with E-state index in [0.717, 1.165) is 5.56 Å². The molecule has 0 unspecified atom stereocenters. The van der Waals surface area contributed by atoms with Crippen molar-refractivity contribution in [3.05, 3.63) is 72.6 Å². The maximum atomic E-state index is 12.5. The Morgan fingerprint density at radius 1 is 0.966 bits per heavy atom. The van der Waals surface area contributed by atoms with Crippen LogP contribution in [0.5, 0.6) is 0 Å². The summed E-state index contributed by atoms with van der Waals surface area (Å²) in [5.41, 5.74) is 1.65. The zero-order valence-corrected chi connectivity index (χ0v) is 17.2. The predicted molar refractivity (Wildman–Crippen MR) is 112 cm³/mol. The van der Waals surface area contributed by atoms with E-state index in [2.05, 4.69) is 15.3 Å². The highest BCUT2D eigenvalue weighted by molar-refractivity contribution is 7.89. The number of hydrogen-bond acceptors (Lipinski definition) is 5. The van der Waals surface area contributed by atoms with E-state index in [4.69, 9.17) is 0 Å². The van der Waals surface area contributed by atoms with Crippen molar-refractivity contribution in [1.29, 1.82) is 0 Å². The SMILES string of the molecule is CC(C)N(C)S(=O)(=O)c1ccc(NC(=O)c2cnc(-c3ccccc3)nc2)cc1. The second-order valence-corrected chi connectivity index (χ2v) is 8.75. The van der Waals surface area contributed by atoms with Crippen LogP contribution in [0.25, 0.3) is 11.4 Å². The Bertz CT molecular complexity index is 1080. The summed E-state index contributed by atoms with van der Waals surface area (Å²) >= 11 is 0. The van der Waals surface area contributed by atoms with Crippen molar-refractivity contribution >= 4 is 21.6 Å². The molecule has 8 heteroatoms. The quantitative estimate of drug-likeness (QED) is 0.672. The van der Waals surface area contributed by atoms with Gasteiger partial charge in [-0.05, 0) is 38.1 Å². The van der Waals surface area contributed by atoms with Crippen LogP contribution in [-0.2, 0) is 10.0 Å². The zero-order chi connectivity index (χ0) is 21.0. The van der Waals surface area contributed by atoms with Crippen molar-refractivity contribution in [2.45, 2.75) is 24.8 Å². The Morgan fingerprint density at radius 2 is 1.55 bits per heavy atom. The van der Waals surface area contributed by atoms with Gasteiger partial charge in [0.15, 0.2) is 5.82 Å². The van der Waals surface area contributed by atoms with Crippen LogP contribution in [0, 0.1) is 0 Å². The van der Waals surface area contributed by atoms with Crippen molar-refractivity contribution in [3.8, 4) is 11.4 Å². The van der Waals surface area contributed by atoms with Crippen LogP contribution in [-0.4, -0.2) is 41.7 Å². The fourth-order valence-corrected chi connectivity index (χ4v) is 3.91. The summed E-state index contributed by atoms with van der Waals surface area (Å²) in [4.78, 5) is 21.1. The number of carbonyl (C=O) groups is 1. The molecule has 0 atom stereocenters. The number of nitrogens with one attached hydrogen (secondary N) is 1. The molecule has 0 saturated carbocycles. The molecule has 7 nitrogen and oxygen atoms in total. The van der Waals surface area contributed by atoms with Crippen molar-refractivity contribution in [3.63, 3.8) is 0 Å². The number of anilines is 1. The summed E-state index contributed by atoms with van der Waals surface area (Å²) in [6.45, 7) is 3.61. The van der Waals surface area contributed by atoms with Crippen molar-refractivity contribution < 1.29 is 13.2 Å². The average molecular weight is 410 g/mol. The normalized spacial score (nSPS) is 11.6. The summed E-state index contributed by atoms with van der Waals surface area (Å²) in [6, 6.07) is 15.4. The monoisotopic (exact) mass is 410 g/mol. The van der Waals surface area contributed by atoms with E-state index < -0.39 is 10.0 Å². The van der Waals surface area contributed by atoms with Crippen LogP contribution in [0.1, 0.15) is 24.2 Å². The Hall–Kier alpha value is -3.10. The van der Waals surface area contributed by atoms with Gasteiger partial charge in [0.25, 0.3) is 5.91 Å². The molecule has 1 N–H and O–H groups in total. The minimum absolute atomic E-state index is 0.154. The van der Waals surface area contributed by atoms with Crippen LogP contribution in [0.4, 0.5) is 5.69 Å². The fraction of sp³-hybridized carbons (Fsp3) is 0.190. The molecule has 0 spiro atoms. The van der Waals surface area contributed by atoms with Gasteiger partial charge in [0.2, 0.25) is 10.0 Å². The van der Waals surface area contributed by atoms with Gasteiger partial charge >= 0.3 is 0 Å². The molecule has 1 heterocycles. The molecular weight excluding hydrogens is 388 g/mol. The number of rotatable bonds is 6. The molecule has 3 rings (SSSR count). The molecule has 0 bridgehead atoms. The first-order valence-electron chi connectivity index (χ1n) is 9.06. The number of benzene rings is 2. The second kappa shape index (κ2) is 8.50. The lowest BCUT2D eigenvalue weighted by atomic mass is 10.2. The van der Waals surface area contributed by atoms with Gasteiger partial charge in [-0.15, -0.1) is 0 Å². The van der Waals surface area contributed by atoms with E-state index in [1.165, 1.54) is 35.9 Å². The zero-order valence-electron chi connectivity index (χ0n) is 16.4. The van der Waals surface area contributed by atoms with Crippen LogP contribution in [0.15, 0.2) is 71.9 Å². The summed E-state index contributed by atoms with van der Waals surface area (Å²) in [5, 5.41) is 2.72. The van der Waals surface area contributed by atoms with Crippen LogP contribution >= 0.6 is 0 Å². The molecule has 0 aliphatic rings. The predicted octanol–water partition coefficient (Wildman–Crippen LogP) is 3.42. The van der Waals surface area contributed by atoms with Gasteiger partial charge in [-0.3, -0.25) is 4.79 Å². The molecule has 0 aliphatic heterocycles. The first-order chi connectivity index (χ1) is 13.8. The van der Waals surface area contributed by atoms with Crippen LogP contribution in [0.3, 0.4) is 0 Å². The minimum atomic E-state index is -3.57. The van der Waals surface area contributed by atoms with Gasteiger partial charge in [0.1, 0.15) is 0 Å². The number of amides is 1. The van der Waals surface area contributed by atoms with Gasteiger partial charge in [0.05, 0.1) is 10.5 Å². The third-order valence-corrected chi connectivity index (χ3v) is 6.51. The summed E-state index contributed by atoms with van der Waals surface area (Å²) in [6.07, 6.45) is 2.92. The van der Waals surface area contributed by atoms with E-state index in [-0.39, 0.29) is 16.8 Å². The standard InChI is InChI=1S/C21H22N4O3S/c1-15(2)25(3)29(27,28)19-11-9-18(10-12-19)24-21(26)17-13-22-20(23-14-17)16-7-5-4-6-8-16/h4-15H,1-3H3,(H,24,26). The van der Waals surface area contributed by atoms with E-state index >= 15 is 0 Å². The van der Waals surface area contributed by atoms with E-state index in [0.29, 0.717) is 17.1 Å². The fourth-order valence-electron chi connectivity index (χ4n) is 2.54. The smallest absolute Gasteiger partial charge is 0.258 e. The van der Waals surface area contributed by atoms with Gasteiger partial charge < -0.3 is 5.32 Å². The molecule has 0 radical (unpaired) electrons. The Balaban J connectivity index is 1.71. The third kappa shape index (κ3) is 4.67. The second-order valence-electron chi connectivity index (χ2n) is 6.75. The third-order valence-electron chi connectivity index (χ3n) is 4.46. The van der Waals surface area contributed by atoms with Gasteiger partial charge in [-0.1, -0.05) is 30.3 Å². The van der Waals surface area contributed by atoms with Gasteiger partial charge in [0, 0.05) is 36.7 Å². The molecule has 1 amide bonds. The molecule has 150 valence electrons. The Kier molecular flexibility index (Phi) is 6.05. The van der Waals surface area contributed by atoms with Crippen LogP contribution < -0.4 is 5.32 Å². The van der Waals surface area contributed by atoms with E-state index in [1.54, 1.807) is 26.0 Å². The molecule has 3 aromatic rings.